The van der Waals surface area contributed by atoms with Crippen LogP contribution in [0.1, 0.15) is 10.4 Å². The van der Waals surface area contributed by atoms with Gasteiger partial charge in [-0.3, -0.25) is 4.90 Å². The Morgan fingerprint density at radius 3 is 2.45 bits per heavy atom. The van der Waals surface area contributed by atoms with Gasteiger partial charge >= 0.3 is 12.0 Å². The monoisotopic (exact) mass is 316 g/mol. The molecule has 1 aliphatic rings. The molecule has 22 heavy (non-hydrogen) atoms. The van der Waals surface area contributed by atoms with E-state index in [2.05, 4.69) is 0 Å². The minimum absolute atomic E-state index is 0.0956. The molecule has 1 heterocycles. The van der Waals surface area contributed by atoms with E-state index >= 15 is 0 Å². The third kappa shape index (κ3) is 2.35. The molecule has 7 heteroatoms. The van der Waals surface area contributed by atoms with Crippen LogP contribution in [0.25, 0.3) is 0 Å². The van der Waals surface area contributed by atoms with Gasteiger partial charge in [-0.2, -0.15) is 0 Å². The van der Waals surface area contributed by atoms with Crippen LogP contribution in [-0.4, -0.2) is 29.3 Å². The largest absolute Gasteiger partial charge is 0.508 e. The second-order valence-corrected chi connectivity index (χ2v) is 5.72. The van der Waals surface area contributed by atoms with Crippen molar-refractivity contribution in [1.29, 1.82) is 0 Å². The van der Waals surface area contributed by atoms with Crippen molar-refractivity contribution < 1.29 is 19.8 Å². The van der Waals surface area contributed by atoms with E-state index in [-0.39, 0.29) is 17.3 Å². The molecular weight excluding hydrogens is 304 g/mol. The highest BCUT2D eigenvalue weighted by molar-refractivity contribution is 8.01. The van der Waals surface area contributed by atoms with E-state index in [0.29, 0.717) is 11.4 Å². The number of nitrogens with zero attached hydrogens (tertiary/aromatic N) is 2. The van der Waals surface area contributed by atoms with E-state index in [1.165, 1.54) is 39.4 Å². The van der Waals surface area contributed by atoms with Gasteiger partial charge in [0.25, 0.3) is 0 Å². The summed E-state index contributed by atoms with van der Waals surface area (Å²) in [5, 5.41) is 18.5. The Kier molecular flexibility index (Phi) is 3.42. The molecule has 0 saturated carbocycles. The van der Waals surface area contributed by atoms with Crippen LogP contribution in [0, 0.1) is 0 Å². The molecule has 112 valence electrons. The number of benzene rings is 2. The number of carbonyl (C=O) groups excluding carboxylic acids is 1. The van der Waals surface area contributed by atoms with Gasteiger partial charge in [0, 0.05) is 13.1 Å². The van der Waals surface area contributed by atoms with Gasteiger partial charge in [-0.15, -0.1) is 0 Å². The Hall–Kier alpha value is -2.67. The number of phenols is 1. The van der Waals surface area contributed by atoms with Crippen LogP contribution >= 0.6 is 11.9 Å². The molecule has 0 unspecified atom stereocenters. The molecule has 0 saturated heterocycles. The summed E-state index contributed by atoms with van der Waals surface area (Å²) < 4.78 is 1.48. The van der Waals surface area contributed by atoms with Gasteiger partial charge in [0.05, 0.1) is 21.8 Å². The predicted octanol–water partition coefficient (Wildman–Crippen LogP) is 3.17. The summed E-state index contributed by atoms with van der Waals surface area (Å²) in [6, 6.07) is 10.6. The maximum atomic E-state index is 12.5. The number of phenolic OH excluding ortho intramolecular Hbond substituents is 1. The van der Waals surface area contributed by atoms with E-state index in [1.54, 1.807) is 31.3 Å². The average molecular weight is 316 g/mol. The molecule has 2 aromatic rings. The SMILES string of the molecule is CN1C(=O)N(c2ccc(C(=O)O)cc2)Sc2ccc(O)cc21. The number of rotatable bonds is 2. The Balaban J connectivity index is 1.97. The number of urea groups is 1. The number of hydrogen-bond donors (Lipinski definition) is 2. The highest BCUT2D eigenvalue weighted by Gasteiger charge is 2.30. The minimum atomic E-state index is -1.01. The Morgan fingerprint density at radius 2 is 1.82 bits per heavy atom. The number of anilines is 2. The average Bonchev–Trinajstić information content (AvgIpc) is 2.51. The molecule has 3 rings (SSSR count). The molecular formula is C15H12N2O4S. The fourth-order valence-corrected chi connectivity index (χ4v) is 3.17. The number of carboxylic acid groups (broad SMARTS) is 1. The molecule has 0 bridgehead atoms. The molecule has 0 aliphatic carbocycles. The van der Waals surface area contributed by atoms with Gasteiger partial charge in [-0.1, -0.05) is 0 Å². The predicted molar refractivity (Wildman–Crippen MR) is 83.6 cm³/mol. The highest BCUT2D eigenvalue weighted by atomic mass is 32.2. The number of carboxylic acids is 1. The summed E-state index contributed by atoms with van der Waals surface area (Å²) in [6.45, 7) is 0. The first-order valence-corrected chi connectivity index (χ1v) is 7.17. The minimum Gasteiger partial charge on any atom is -0.508 e. The zero-order valence-electron chi connectivity index (χ0n) is 11.6. The van der Waals surface area contributed by atoms with Crippen LogP contribution < -0.4 is 9.21 Å². The van der Waals surface area contributed by atoms with Crippen LogP contribution in [0.2, 0.25) is 0 Å². The second kappa shape index (κ2) is 5.27. The summed E-state index contributed by atoms with van der Waals surface area (Å²) in [5.41, 5.74) is 1.39. The van der Waals surface area contributed by atoms with Crippen molar-refractivity contribution in [3.8, 4) is 5.75 Å². The van der Waals surface area contributed by atoms with Gasteiger partial charge in [0.1, 0.15) is 5.75 Å². The van der Waals surface area contributed by atoms with Gasteiger partial charge in [-0.05, 0) is 48.3 Å². The lowest BCUT2D eigenvalue weighted by Gasteiger charge is -2.33. The fourth-order valence-electron chi connectivity index (χ4n) is 2.12. The number of amides is 2. The second-order valence-electron chi connectivity index (χ2n) is 4.73. The topological polar surface area (TPSA) is 81.1 Å². The molecule has 1 aliphatic heterocycles. The summed E-state index contributed by atoms with van der Waals surface area (Å²) >= 11 is 1.23. The Bertz CT molecular complexity index is 761. The Labute approximate surface area is 130 Å². The van der Waals surface area contributed by atoms with Gasteiger partial charge in [0.2, 0.25) is 0 Å². The van der Waals surface area contributed by atoms with E-state index in [4.69, 9.17) is 5.11 Å². The maximum absolute atomic E-state index is 12.5. The Morgan fingerprint density at radius 1 is 1.14 bits per heavy atom. The smallest absolute Gasteiger partial charge is 0.339 e. The first-order valence-electron chi connectivity index (χ1n) is 6.39. The van der Waals surface area contributed by atoms with E-state index in [0.717, 1.165) is 4.90 Å². The number of hydrogen-bond acceptors (Lipinski definition) is 4. The van der Waals surface area contributed by atoms with Crippen molar-refractivity contribution in [2.75, 3.05) is 16.3 Å². The van der Waals surface area contributed by atoms with Gasteiger partial charge < -0.3 is 10.2 Å². The molecule has 0 spiro atoms. The molecule has 0 radical (unpaired) electrons. The zero-order valence-corrected chi connectivity index (χ0v) is 12.4. The van der Waals surface area contributed by atoms with Crippen molar-refractivity contribution in [2.24, 2.45) is 0 Å². The first-order chi connectivity index (χ1) is 10.5. The van der Waals surface area contributed by atoms with E-state index in [9.17, 15) is 14.7 Å². The quantitative estimate of drug-likeness (QED) is 0.832. The van der Waals surface area contributed by atoms with Crippen LogP contribution in [0.5, 0.6) is 5.75 Å². The summed E-state index contributed by atoms with van der Waals surface area (Å²) in [5.74, 6) is -0.916. The van der Waals surface area contributed by atoms with Gasteiger partial charge in [-0.25, -0.2) is 13.9 Å². The maximum Gasteiger partial charge on any atom is 0.339 e. The van der Waals surface area contributed by atoms with Crippen molar-refractivity contribution in [3.05, 3.63) is 48.0 Å². The molecule has 0 aromatic heterocycles. The number of aromatic carboxylic acids is 1. The zero-order chi connectivity index (χ0) is 15.9. The molecule has 6 nitrogen and oxygen atoms in total. The first kappa shape index (κ1) is 14.3. The highest BCUT2D eigenvalue weighted by Crippen LogP contribution is 2.42. The van der Waals surface area contributed by atoms with Crippen LogP contribution in [0.3, 0.4) is 0 Å². The third-order valence-electron chi connectivity index (χ3n) is 3.30. The fraction of sp³-hybridized carbons (Fsp3) is 0.0667. The number of fused-ring (bicyclic) bond motifs is 1. The molecule has 2 N–H and O–H groups in total. The normalized spacial score (nSPS) is 14.0. The lowest BCUT2D eigenvalue weighted by atomic mass is 10.2. The lowest BCUT2D eigenvalue weighted by molar-refractivity contribution is 0.0697. The molecule has 2 amide bonds. The van der Waals surface area contributed by atoms with E-state index in [1.807, 2.05) is 0 Å². The summed E-state index contributed by atoms with van der Waals surface area (Å²) in [7, 11) is 1.62. The van der Waals surface area contributed by atoms with Crippen LogP contribution in [0.15, 0.2) is 47.4 Å². The van der Waals surface area contributed by atoms with E-state index < -0.39 is 5.97 Å². The summed E-state index contributed by atoms with van der Waals surface area (Å²) in [6.07, 6.45) is 0. The van der Waals surface area contributed by atoms with Gasteiger partial charge in [0.15, 0.2) is 0 Å². The van der Waals surface area contributed by atoms with Crippen molar-refractivity contribution >= 4 is 35.3 Å². The van der Waals surface area contributed by atoms with Crippen molar-refractivity contribution in [3.63, 3.8) is 0 Å². The summed E-state index contributed by atoms with van der Waals surface area (Å²) in [4.78, 5) is 25.6. The number of aromatic hydroxyl groups is 1. The van der Waals surface area contributed by atoms with Crippen molar-refractivity contribution in [1.82, 2.24) is 0 Å². The third-order valence-corrected chi connectivity index (χ3v) is 4.39. The lowest BCUT2D eigenvalue weighted by Crippen LogP contribution is -2.40. The van der Waals surface area contributed by atoms with Crippen LogP contribution in [0.4, 0.5) is 16.2 Å². The standard InChI is InChI=1S/C15H12N2O4S/c1-16-12-8-11(18)6-7-13(12)22-17(15(16)21)10-4-2-9(3-5-10)14(19)20/h2-8,18H,1H3,(H,19,20). The molecule has 0 atom stereocenters. The van der Waals surface area contributed by atoms with Crippen molar-refractivity contribution in [2.45, 2.75) is 4.90 Å². The molecule has 2 aromatic carbocycles. The van der Waals surface area contributed by atoms with Crippen LogP contribution in [-0.2, 0) is 0 Å². The number of carbonyl (C=O) groups is 2. The molecule has 0 fully saturated rings.